The number of phenols is 1. The Morgan fingerprint density at radius 3 is 1.39 bits per heavy atom. The maximum Gasteiger partial charge on any atom is 1.00 e. The minimum absolute atomic E-state index is 0. The number of carbonyl (C=O) groups excluding carboxylic acids is 1. The summed E-state index contributed by atoms with van der Waals surface area (Å²) in [6, 6.07) is 19.5. The van der Waals surface area contributed by atoms with E-state index in [1.54, 1.807) is 55.5 Å². The predicted molar refractivity (Wildman–Crippen MR) is 152 cm³/mol. The van der Waals surface area contributed by atoms with Crippen LogP contribution in [-0.2, 0) is 4.74 Å². The van der Waals surface area contributed by atoms with Crippen LogP contribution in [0, 0.1) is 0 Å². The first-order valence-electron chi connectivity index (χ1n) is 12.1. The summed E-state index contributed by atoms with van der Waals surface area (Å²) in [6.07, 6.45) is 0. The number of carbonyl (C=O) groups is 3. The topological polar surface area (TPSA) is 170 Å². The smallest absolute Gasteiger partial charge is 0.870 e. The summed E-state index contributed by atoms with van der Waals surface area (Å²) in [5.74, 6) is -0.885. The van der Waals surface area contributed by atoms with Crippen molar-refractivity contribution < 1.29 is 78.9 Å². The number of para-hydroxylation sites is 3. The summed E-state index contributed by atoms with van der Waals surface area (Å²) < 4.78 is 15.3. The maximum atomic E-state index is 11.4. The van der Waals surface area contributed by atoms with Gasteiger partial charge in [-0.2, -0.15) is 0 Å². The van der Waals surface area contributed by atoms with Crippen LogP contribution in [0.5, 0.6) is 17.2 Å². The molecule has 0 saturated carbocycles. The number of carboxylic acid groups (broad SMARTS) is 2. The molecular formula is C29H36ClNaO10. The second kappa shape index (κ2) is 25.7. The SMILES string of the molecule is CCCl.CCOC(=O)c1ccccc1OCC.CCOc1ccccc1C(=O)O.O=C(O)c1ccccc1O.[Na+].[OH-]. The van der Waals surface area contributed by atoms with Gasteiger partial charge in [0.25, 0.3) is 0 Å². The standard InChI is InChI=1S/C11H14O3.C9H10O3.C7H6O3.C2H5Cl.Na.H2O/c1-3-13-10-8-6-5-7-9(10)11(12)14-4-2;1-2-12-8-6-4-3-5-7(8)9(10)11;8-6-4-2-1-3-5(6)7(9)10;1-2-3;;/h5-8H,3-4H2,1-2H3;3-6H,2H2,1H3,(H,10,11);1-4,8H,(H,9,10);2H2,1H3;;1H2/q;;;;+1;/p-1. The fraction of sp³-hybridized carbons (Fsp3) is 0.276. The number of hydrogen-bond donors (Lipinski definition) is 3. The van der Waals surface area contributed by atoms with Gasteiger partial charge in [-0.3, -0.25) is 0 Å². The zero-order valence-corrected chi connectivity index (χ0v) is 26.6. The van der Waals surface area contributed by atoms with Crippen molar-refractivity contribution in [3.05, 3.63) is 89.5 Å². The quantitative estimate of drug-likeness (QED) is 0.198. The van der Waals surface area contributed by atoms with Crippen molar-refractivity contribution in [1.29, 1.82) is 0 Å². The van der Waals surface area contributed by atoms with Crippen molar-refractivity contribution in [2.24, 2.45) is 0 Å². The van der Waals surface area contributed by atoms with Crippen molar-refractivity contribution >= 4 is 29.5 Å². The van der Waals surface area contributed by atoms with Gasteiger partial charge in [0.2, 0.25) is 0 Å². The molecule has 0 aromatic heterocycles. The molecule has 10 nitrogen and oxygen atoms in total. The van der Waals surface area contributed by atoms with E-state index in [0.29, 0.717) is 36.9 Å². The summed E-state index contributed by atoms with van der Waals surface area (Å²) in [7, 11) is 0. The first-order valence-corrected chi connectivity index (χ1v) is 12.6. The van der Waals surface area contributed by atoms with Crippen LogP contribution < -0.4 is 39.0 Å². The van der Waals surface area contributed by atoms with Gasteiger partial charge in [-0.25, -0.2) is 14.4 Å². The summed E-state index contributed by atoms with van der Waals surface area (Å²) in [5, 5.41) is 26.0. The average Bonchev–Trinajstić information content (AvgIpc) is 2.91. The van der Waals surface area contributed by atoms with Crippen LogP contribution in [-0.4, -0.2) is 64.4 Å². The van der Waals surface area contributed by atoms with Crippen molar-refractivity contribution in [2.45, 2.75) is 27.7 Å². The van der Waals surface area contributed by atoms with Gasteiger partial charge in [0.15, 0.2) is 0 Å². The molecule has 0 aliphatic carbocycles. The molecule has 12 heteroatoms. The molecular weight excluding hydrogens is 567 g/mol. The molecule has 0 atom stereocenters. The molecule has 0 heterocycles. The first-order chi connectivity index (χ1) is 18.7. The van der Waals surface area contributed by atoms with Gasteiger partial charge in [0.05, 0.1) is 19.8 Å². The van der Waals surface area contributed by atoms with E-state index < -0.39 is 11.9 Å². The maximum absolute atomic E-state index is 11.4. The van der Waals surface area contributed by atoms with Crippen molar-refractivity contribution in [3.8, 4) is 17.2 Å². The largest absolute Gasteiger partial charge is 1.00 e. The van der Waals surface area contributed by atoms with Crippen LogP contribution in [0.25, 0.3) is 0 Å². The van der Waals surface area contributed by atoms with E-state index >= 15 is 0 Å². The molecule has 41 heavy (non-hydrogen) atoms. The molecule has 4 N–H and O–H groups in total. The van der Waals surface area contributed by atoms with Gasteiger partial charge in [0.1, 0.15) is 33.9 Å². The van der Waals surface area contributed by atoms with Gasteiger partial charge in [-0.05, 0) is 57.2 Å². The molecule has 0 bridgehead atoms. The predicted octanol–water partition coefficient (Wildman–Crippen LogP) is 3.21. The van der Waals surface area contributed by atoms with Gasteiger partial charge in [-0.1, -0.05) is 43.3 Å². The van der Waals surface area contributed by atoms with Crippen LogP contribution in [0.15, 0.2) is 72.8 Å². The van der Waals surface area contributed by atoms with E-state index in [2.05, 4.69) is 0 Å². The van der Waals surface area contributed by atoms with E-state index in [9.17, 15) is 14.4 Å². The fourth-order valence-electron chi connectivity index (χ4n) is 2.70. The Balaban J connectivity index is -0.000000497. The second-order valence-corrected chi connectivity index (χ2v) is 7.51. The minimum Gasteiger partial charge on any atom is -0.870 e. The van der Waals surface area contributed by atoms with Gasteiger partial charge in [-0.15, -0.1) is 11.6 Å². The number of aromatic carboxylic acids is 2. The molecule has 0 radical (unpaired) electrons. The molecule has 0 fully saturated rings. The molecule has 0 aliphatic rings. The zero-order chi connectivity index (χ0) is 29.6. The number of hydrogen-bond acceptors (Lipinski definition) is 8. The number of benzene rings is 3. The number of halogens is 1. The van der Waals surface area contributed by atoms with E-state index in [1.165, 1.54) is 18.2 Å². The third-order valence-corrected chi connectivity index (χ3v) is 4.23. The molecule has 0 saturated heterocycles. The van der Waals surface area contributed by atoms with E-state index in [1.807, 2.05) is 26.8 Å². The minimum atomic E-state index is -1.11. The summed E-state index contributed by atoms with van der Waals surface area (Å²) in [5.41, 5.74) is 0.623. The van der Waals surface area contributed by atoms with E-state index in [-0.39, 0.29) is 57.9 Å². The molecule has 0 aliphatic heterocycles. The van der Waals surface area contributed by atoms with E-state index in [4.69, 9.17) is 41.1 Å². The summed E-state index contributed by atoms with van der Waals surface area (Å²) in [6.45, 7) is 8.75. The van der Waals surface area contributed by atoms with Crippen LogP contribution in [0.3, 0.4) is 0 Å². The monoisotopic (exact) mass is 602 g/mol. The first kappa shape index (κ1) is 42.2. The second-order valence-electron chi connectivity index (χ2n) is 6.97. The number of alkyl halides is 1. The Kier molecular flexibility index (Phi) is 26.4. The number of rotatable bonds is 8. The zero-order valence-electron chi connectivity index (χ0n) is 23.9. The summed E-state index contributed by atoms with van der Waals surface area (Å²) in [4.78, 5) is 32.3. The Morgan fingerprint density at radius 2 is 1.02 bits per heavy atom. The molecule has 220 valence electrons. The number of carboxylic acids is 2. The third kappa shape index (κ3) is 17.2. The van der Waals surface area contributed by atoms with Crippen LogP contribution >= 0.6 is 11.6 Å². The third-order valence-electron chi connectivity index (χ3n) is 4.23. The molecule has 0 spiro atoms. The van der Waals surface area contributed by atoms with Gasteiger partial charge < -0.3 is 35.0 Å². The Hall–Kier alpha value is -3.28. The molecule has 3 aromatic carbocycles. The summed E-state index contributed by atoms with van der Waals surface area (Å²) >= 11 is 5.00. The van der Waals surface area contributed by atoms with Gasteiger partial charge >= 0.3 is 47.5 Å². The van der Waals surface area contributed by atoms with Crippen LogP contribution in [0.2, 0.25) is 0 Å². The van der Waals surface area contributed by atoms with Crippen LogP contribution in [0.4, 0.5) is 0 Å². The van der Waals surface area contributed by atoms with E-state index in [0.717, 1.165) is 5.88 Å². The molecule has 0 amide bonds. The molecule has 3 rings (SSSR count). The normalized spacial score (nSPS) is 8.71. The number of esters is 1. The molecule has 3 aromatic rings. The number of ether oxygens (including phenoxy) is 3. The Bertz CT molecular complexity index is 1160. The van der Waals surface area contributed by atoms with Crippen molar-refractivity contribution in [1.82, 2.24) is 0 Å². The fourth-order valence-corrected chi connectivity index (χ4v) is 2.70. The average molecular weight is 603 g/mol. The van der Waals surface area contributed by atoms with Crippen LogP contribution in [0.1, 0.15) is 58.8 Å². The van der Waals surface area contributed by atoms with Crippen molar-refractivity contribution in [3.63, 3.8) is 0 Å². The molecule has 0 unspecified atom stereocenters. The van der Waals surface area contributed by atoms with Gasteiger partial charge in [0, 0.05) is 5.88 Å². The number of aromatic hydroxyl groups is 1. The van der Waals surface area contributed by atoms with Crippen molar-refractivity contribution in [2.75, 3.05) is 25.7 Å². The Morgan fingerprint density at radius 1 is 0.659 bits per heavy atom. The Labute approximate surface area is 267 Å².